The van der Waals surface area contributed by atoms with Crippen LogP contribution in [0.15, 0.2) is 0 Å². The van der Waals surface area contributed by atoms with Crippen LogP contribution in [-0.2, 0) is 0 Å². The number of unbranched alkanes of at least 4 members (excludes halogenated alkanes) is 2. The third kappa shape index (κ3) is 7.94. The van der Waals surface area contributed by atoms with Crippen molar-refractivity contribution in [2.75, 3.05) is 26.7 Å². The Hall–Kier alpha value is -0.0800. The van der Waals surface area contributed by atoms with Crippen LogP contribution < -0.4 is 5.32 Å². The molecule has 0 saturated heterocycles. The quantitative estimate of drug-likeness (QED) is 0.638. The molecule has 0 heterocycles. The Kier molecular flexibility index (Phi) is 8.72. The summed E-state index contributed by atoms with van der Waals surface area (Å²) in [5, 5.41) is 3.53. The van der Waals surface area contributed by atoms with Crippen molar-refractivity contribution >= 4 is 0 Å². The van der Waals surface area contributed by atoms with E-state index in [9.17, 15) is 0 Å². The predicted molar refractivity (Wildman–Crippen MR) is 85.6 cm³/mol. The van der Waals surface area contributed by atoms with Gasteiger partial charge in [0, 0.05) is 6.04 Å². The molecule has 0 aromatic rings. The molecule has 1 N–H and O–H groups in total. The van der Waals surface area contributed by atoms with E-state index in [0.717, 1.165) is 17.9 Å². The molecule has 19 heavy (non-hydrogen) atoms. The summed E-state index contributed by atoms with van der Waals surface area (Å²) in [6.45, 7) is 10.6. The molecular formula is C17H36N2. The zero-order valence-corrected chi connectivity index (χ0v) is 13.8. The van der Waals surface area contributed by atoms with Crippen LogP contribution in [0.25, 0.3) is 0 Å². The zero-order valence-electron chi connectivity index (χ0n) is 13.8. The molecule has 0 unspecified atom stereocenters. The lowest BCUT2D eigenvalue weighted by Gasteiger charge is -2.33. The fraction of sp³-hybridized carbons (Fsp3) is 1.00. The van der Waals surface area contributed by atoms with Crippen molar-refractivity contribution < 1.29 is 0 Å². The van der Waals surface area contributed by atoms with Gasteiger partial charge in [0.05, 0.1) is 0 Å². The zero-order chi connectivity index (χ0) is 14.1. The first kappa shape index (κ1) is 17.0. The molecule has 0 aliphatic heterocycles. The summed E-state index contributed by atoms with van der Waals surface area (Å²) in [4.78, 5) is 2.62. The van der Waals surface area contributed by atoms with Gasteiger partial charge in [-0.2, -0.15) is 0 Å². The van der Waals surface area contributed by atoms with E-state index in [0.29, 0.717) is 0 Å². The lowest BCUT2D eigenvalue weighted by molar-refractivity contribution is 0.168. The van der Waals surface area contributed by atoms with Gasteiger partial charge in [-0.05, 0) is 77.0 Å². The van der Waals surface area contributed by atoms with E-state index in [2.05, 4.69) is 38.0 Å². The molecule has 1 fully saturated rings. The van der Waals surface area contributed by atoms with E-state index in [1.165, 1.54) is 64.6 Å². The minimum absolute atomic E-state index is 0.778. The first-order valence-electron chi connectivity index (χ1n) is 8.50. The monoisotopic (exact) mass is 268 g/mol. The van der Waals surface area contributed by atoms with Gasteiger partial charge in [-0.15, -0.1) is 0 Å². The normalized spacial score (nSPS) is 24.3. The van der Waals surface area contributed by atoms with E-state index in [1.807, 2.05) is 0 Å². The fourth-order valence-corrected chi connectivity index (χ4v) is 3.04. The maximum Gasteiger partial charge on any atom is 0.00924 e. The SMILES string of the molecule is CC(C)CNCCCCCN(C)C1CCC(C)CC1. The van der Waals surface area contributed by atoms with Gasteiger partial charge in [-0.1, -0.05) is 27.2 Å². The van der Waals surface area contributed by atoms with Crippen molar-refractivity contribution in [2.45, 2.75) is 71.8 Å². The third-order valence-electron chi connectivity index (χ3n) is 4.53. The minimum atomic E-state index is 0.778. The van der Waals surface area contributed by atoms with Gasteiger partial charge >= 0.3 is 0 Å². The highest BCUT2D eigenvalue weighted by Gasteiger charge is 2.20. The van der Waals surface area contributed by atoms with Gasteiger partial charge < -0.3 is 10.2 Å². The summed E-state index contributed by atoms with van der Waals surface area (Å²) < 4.78 is 0. The van der Waals surface area contributed by atoms with Crippen LogP contribution in [0.3, 0.4) is 0 Å². The second-order valence-corrected chi connectivity index (χ2v) is 7.05. The first-order valence-corrected chi connectivity index (χ1v) is 8.50. The van der Waals surface area contributed by atoms with Gasteiger partial charge in [-0.25, -0.2) is 0 Å². The molecule has 0 spiro atoms. The van der Waals surface area contributed by atoms with E-state index in [-0.39, 0.29) is 0 Å². The number of nitrogens with zero attached hydrogens (tertiary/aromatic N) is 1. The number of hydrogen-bond acceptors (Lipinski definition) is 2. The van der Waals surface area contributed by atoms with Gasteiger partial charge in [0.1, 0.15) is 0 Å². The molecule has 1 aliphatic carbocycles. The molecule has 0 aromatic carbocycles. The summed E-state index contributed by atoms with van der Waals surface area (Å²) in [7, 11) is 2.33. The molecule has 1 rings (SSSR count). The highest BCUT2D eigenvalue weighted by Crippen LogP contribution is 2.26. The Labute approximate surface area is 121 Å². The Balaban J connectivity index is 1.94. The minimum Gasteiger partial charge on any atom is -0.316 e. The Morgan fingerprint density at radius 1 is 1.05 bits per heavy atom. The van der Waals surface area contributed by atoms with Gasteiger partial charge in [0.15, 0.2) is 0 Å². The second kappa shape index (κ2) is 9.77. The molecule has 0 radical (unpaired) electrons. The lowest BCUT2D eigenvalue weighted by atomic mass is 9.87. The molecule has 0 amide bonds. The van der Waals surface area contributed by atoms with Crippen LogP contribution in [0.5, 0.6) is 0 Å². The van der Waals surface area contributed by atoms with E-state index in [4.69, 9.17) is 0 Å². The second-order valence-electron chi connectivity index (χ2n) is 7.05. The van der Waals surface area contributed by atoms with Crippen LogP contribution in [0.4, 0.5) is 0 Å². The van der Waals surface area contributed by atoms with Crippen molar-refractivity contribution in [3.63, 3.8) is 0 Å². The van der Waals surface area contributed by atoms with Crippen molar-refractivity contribution in [1.82, 2.24) is 10.2 Å². The number of hydrogen-bond donors (Lipinski definition) is 1. The summed E-state index contributed by atoms with van der Waals surface area (Å²) >= 11 is 0. The first-order chi connectivity index (χ1) is 9.09. The van der Waals surface area contributed by atoms with Crippen molar-refractivity contribution in [3.8, 4) is 0 Å². The van der Waals surface area contributed by atoms with Crippen LogP contribution in [0, 0.1) is 11.8 Å². The van der Waals surface area contributed by atoms with Crippen molar-refractivity contribution in [1.29, 1.82) is 0 Å². The van der Waals surface area contributed by atoms with E-state index in [1.54, 1.807) is 0 Å². The molecule has 2 nitrogen and oxygen atoms in total. The predicted octanol–water partition coefficient (Wildman–Crippen LogP) is 3.91. The largest absolute Gasteiger partial charge is 0.316 e. The Morgan fingerprint density at radius 2 is 1.74 bits per heavy atom. The van der Waals surface area contributed by atoms with Crippen LogP contribution in [0.2, 0.25) is 0 Å². The van der Waals surface area contributed by atoms with Crippen molar-refractivity contribution in [3.05, 3.63) is 0 Å². The van der Waals surface area contributed by atoms with Crippen molar-refractivity contribution in [2.24, 2.45) is 11.8 Å². The summed E-state index contributed by atoms with van der Waals surface area (Å²) in [6, 6.07) is 0.871. The van der Waals surface area contributed by atoms with Gasteiger partial charge in [0.2, 0.25) is 0 Å². The fourth-order valence-electron chi connectivity index (χ4n) is 3.04. The molecule has 2 heteroatoms. The molecule has 114 valence electrons. The third-order valence-corrected chi connectivity index (χ3v) is 4.53. The standard InChI is InChI=1S/C17H36N2/c1-15(2)14-18-12-6-5-7-13-19(4)17-10-8-16(3)9-11-17/h15-18H,5-14H2,1-4H3. The maximum absolute atomic E-state index is 3.53. The lowest BCUT2D eigenvalue weighted by Crippen LogP contribution is -2.35. The number of rotatable bonds is 9. The Bertz CT molecular complexity index is 207. The average molecular weight is 268 g/mol. The molecule has 1 saturated carbocycles. The molecule has 0 aromatic heterocycles. The maximum atomic E-state index is 3.53. The smallest absolute Gasteiger partial charge is 0.00924 e. The number of nitrogens with one attached hydrogen (secondary N) is 1. The highest BCUT2D eigenvalue weighted by molar-refractivity contribution is 4.76. The average Bonchev–Trinajstić information content (AvgIpc) is 2.38. The summed E-state index contributed by atoms with van der Waals surface area (Å²) in [5.41, 5.74) is 0. The Morgan fingerprint density at radius 3 is 2.37 bits per heavy atom. The van der Waals surface area contributed by atoms with E-state index >= 15 is 0 Å². The van der Waals surface area contributed by atoms with Crippen LogP contribution >= 0.6 is 0 Å². The highest BCUT2D eigenvalue weighted by atomic mass is 15.1. The molecule has 1 aliphatic rings. The van der Waals surface area contributed by atoms with Crippen LogP contribution in [-0.4, -0.2) is 37.6 Å². The van der Waals surface area contributed by atoms with Gasteiger partial charge in [0.25, 0.3) is 0 Å². The van der Waals surface area contributed by atoms with Gasteiger partial charge in [-0.3, -0.25) is 0 Å². The molecule has 0 bridgehead atoms. The van der Waals surface area contributed by atoms with Crippen LogP contribution in [0.1, 0.15) is 65.7 Å². The topological polar surface area (TPSA) is 15.3 Å². The molecular weight excluding hydrogens is 232 g/mol. The molecule has 0 atom stereocenters. The summed E-state index contributed by atoms with van der Waals surface area (Å²) in [6.07, 6.45) is 9.80. The van der Waals surface area contributed by atoms with E-state index < -0.39 is 0 Å². The summed E-state index contributed by atoms with van der Waals surface area (Å²) in [5.74, 6) is 1.75.